The van der Waals surface area contributed by atoms with Gasteiger partial charge in [-0.15, -0.1) is 0 Å². The predicted octanol–water partition coefficient (Wildman–Crippen LogP) is 1.71. The van der Waals surface area contributed by atoms with Crippen LogP contribution in [0.15, 0.2) is 6.07 Å². The molecule has 0 atom stereocenters. The Morgan fingerprint density at radius 2 is 2.33 bits per heavy atom. The Morgan fingerprint density at radius 3 is 2.73 bits per heavy atom. The van der Waals surface area contributed by atoms with Gasteiger partial charge in [-0.25, -0.2) is 13.8 Å². The summed E-state index contributed by atoms with van der Waals surface area (Å²) in [6, 6.07) is 2.68. The highest BCUT2D eigenvalue weighted by Gasteiger charge is 2.18. The van der Waals surface area contributed by atoms with E-state index in [-0.39, 0.29) is 23.3 Å². The molecule has 0 radical (unpaired) electrons. The minimum atomic E-state index is -2.90. The fourth-order valence-corrected chi connectivity index (χ4v) is 1.03. The van der Waals surface area contributed by atoms with Crippen LogP contribution in [0.25, 0.3) is 0 Å². The summed E-state index contributed by atoms with van der Waals surface area (Å²) in [4.78, 5) is 13.9. The molecular formula is C9H6F2N2O2. The molecule has 0 spiro atoms. The Balaban J connectivity index is 3.42. The molecule has 78 valence electrons. The molecule has 0 bridgehead atoms. The van der Waals surface area contributed by atoms with Gasteiger partial charge in [-0.05, 0) is 6.07 Å². The van der Waals surface area contributed by atoms with Crippen molar-refractivity contribution in [2.75, 3.05) is 7.11 Å². The van der Waals surface area contributed by atoms with Gasteiger partial charge in [0.15, 0.2) is 17.7 Å². The summed E-state index contributed by atoms with van der Waals surface area (Å²) in [5.74, 6) is 0.00370. The number of alkyl halides is 2. The molecule has 0 amide bonds. The summed E-state index contributed by atoms with van der Waals surface area (Å²) in [5.41, 5.74) is -1.25. The van der Waals surface area contributed by atoms with Gasteiger partial charge in [0.05, 0.1) is 7.11 Å². The number of nitriles is 1. The van der Waals surface area contributed by atoms with Crippen LogP contribution in [0, 0.1) is 11.3 Å². The average molecular weight is 212 g/mol. The Labute approximate surface area is 84.1 Å². The Hall–Kier alpha value is -2.03. The van der Waals surface area contributed by atoms with Crippen LogP contribution in [0.1, 0.15) is 28.2 Å². The van der Waals surface area contributed by atoms with Gasteiger partial charge in [-0.1, -0.05) is 0 Å². The number of carbonyl (C=O) groups is 1. The number of aromatic nitrogens is 1. The highest BCUT2D eigenvalue weighted by atomic mass is 19.3. The number of aldehydes is 1. The minimum absolute atomic E-state index is 0.00370. The number of ether oxygens (including phenoxy) is 1. The lowest BCUT2D eigenvalue weighted by Crippen LogP contribution is -2.02. The topological polar surface area (TPSA) is 63.0 Å². The first-order chi connectivity index (χ1) is 7.13. The molecule has 0 fully saturated rings. The van der Waals surface area contributed by atoms with E-state index in [0.29, 0.717) is 0 Å². The molecule has 15 heavy (non-hydrogen) atoms. The average Bonchev–Trinajstić information content (AvgIpc) is 2.26. The standard InChI is InChI=1S/C9H6F2N2O2/c1-15-7-2-5(4-14)8(9(10)11)13-6(7)3-12/h2,4,9H,1H3. The van der Waals surface area contributed by atoms with Gasteiger partial charge in [0.1, 0.15) is 11.8 Å². The van der Waals surface area contributed by atoms with Gasteiger partial charge in [0, 0.05) is 5.56 Å². The zero-order valence-electron chi connectivity index (χ0n) is 7.70. The predicted molar refractivity (Wildman–Crippen MR) is 45.8 cm³/mol. The maximum Gasteiger partial charge on any atom is 0.281 e. The van der Waals surface area contributed by atoms with Crippen LogP contribution < -0.4 is 4.74 Å². The zero-order chi connectivity index (χ0) is 11.4. The Morgan fingerprint density at radius 1 is 1.67 bits per heavy atom. The quantitative estimate of drug-likeness (QED) is 0.715. The fourth-order valence-electron chi connectivity index (χ4n) is 1.03. The maximum absolute atomic E-state index is 12.4. The monoisotopic (exact) mass is 212 g/mol. The van der Waals surface area contributed by atoms with Crippen LogP contribution in [0.3, 0.4) is 0 Å². The molecule has 1 rings (SSSR count). The molecule has 0 aliphatic carbocycles. The summed E-state index contributed by atoms with van der Waals surface area (Å²) in [7, 11) is 1.26. The largest absolute Gasteiger partial charge is 0.494 e. The van der Waals surface area contributed by atoms with E-state index in [1.54, 1.807) is 6.07 Å². The second-order valence-electron chi connectivity index (χ2n) is 2.54. The highest BCUT2D eigenvalue weighted by Crippen LogP contribution is 2.25. The maximum atomic E-state index is 12.4. The Bertz CT molecular complexity index is 427. The van der Waals surface area contributed by atoms with Crippen molar-refractivity contribution in [2.45, 2.75) is 6.43 Å². The number of hydrogen-bond donors (Lipinski definition) is 0. The van der Waals surface area contributed by atoms with Crippen LogP contribution >= 0.6 is 0 Å². The molecule has 0 unspecified atom stereocenters. The van der Waals surface area contributed by atoms with Crippen molar-refractivity contribution in [3.63, 3.8) is 0 Å². The first kappa shape index (κ1) is 11.0. The molecule has 1 aromatic heterocycles. The van der Waals surface area contributed by atoms with E-state index in [2.05, 4.69) is 4.98 Å². The SMILES string of the molecule is COc1cc(C=O)c(C(F)F)nc1C#N. The van der Waals surface area contributed by atoms with Crippen LogP contribution in [-0.2, 0) is 0 Å². The van der Waals surface area contributed by atoms with Gasteiger partial charge >= 0.3 is 0 Å². The van der Waals surface area contributed by atoms with Gasteiger partial charge in [0.25, 0.3) is 6.43 Å². The smallest absolute Gasteiger partial charge is 0.281 e. The third-order valence-electron chi connectivity index (χ3n) is 1.71. The number of rotatable bonds is 3. The minimum Gasteiger partial charge on any atom is -0.494 e. The molecule has 1 aromatic rings. The Kier molecular flexibility index (Phi) is 3.29. The van der Waals surface area contributed by atoms with Crippen LogP contribution in [0.2, 0.25) is 0 Å². The van der Waals surface area contributed by atoms with Crippen LogP contribution in [-0.4, -0.2) is 18.4 Å². The second kappa shape index (κ2) is 4.46. The molecule has 6 heteroatoms. The molecule has 0 saturated carbocycles. The lowest BCUT2D eigenvalue weighted by Gasteiger charge is -2.06. The van der Waals surface area contributed by atoms with Crippen molar-refractivity contribution in [2.24, 2.45) is 0 Å². The first-order valence-corrected chi connectivity index (χ1v) is 3.86. The summed E-state index contributed by atoms with van der Waals surface area (Å²) < 4.78 is 29.5. The molecule has 0 aliphatic rings. The summed E-state index contributed by atoms with van der Waals surface area (Å²) in [5, 5.41) is 8.59. The van der Waals surface area contributed by atoms with Crippen molar-refractivity contribution in [3.8, 4) is 11.8 Å². The number of methoxy groups -OCH3 is 1. The number of halogens is 2. The lowest BCUT2D eigenvalue weighted by atomic mass is 10.2. The molecule has 1 heterocycles. The fraction of sp³-hybridized carbons (Fsp3) is 0.222. The molecule has 0 N–H and O–H groups in total. The van der Waals surface area contributed by atoms with Gasteiger partial charge in [-0.2, -0.15) is 5.26 Å². The van der Waals surface area contributed by atoms with E-state index >= 15 is 0 Å². The number of carbonyl (C=O) groups excluding carboxylic acids is 1. The van der Waals surface area contributed by atoms with E-state index in [0.717, 1.165) is 6.07 Å². The van der Waals surface area contributed by atoms with Crippen molar-refractivity contribution in [1.29, 1.82) is 5.26 Å². The van der Waals surface area contributed by atoms with E-state index in [4.69, 9.17) is 10.00 Å². The van der Waals surface area contributed by atoms with E-state index in [1.165, 1.54) is 7.11 Å². The van der Waals surface area contributed by atoms with Crippen molar-refractivity contribution >= 4 is 6.29 Å². The summed E-state index contributed by atoms with van der Waals surface area (Å²) in [6.45, 7) is 0. The van der Waals surface area contributed by atoms with E-state index in [9.17, 15) is 13.6 Å². The van der Waals surface area contributed by atoms with Crippen molar-refractivity contribution < 1.29 is 18.3 Å². The molecule has 0 aromatic carbocycles. The van der Waals surface area contributed by atoms with Crippen molar-refractivity contribution in [1.82, 2.24) is 4.98 Å². The van der Waals surface area contributed by atoms with E-state index in [1.807, 2.05) is 0 Å². The van der Waals surface area contributed by atoms with Crippen LogP contribution in [0.4, 0.5) is 8.78 Å². The summed E-state index contributed by atoms with van der Waals surface area (Å²) in [6.07, 6.45) is -2.65. The second-order valence-corrected chi connectivity index (χ2v) is 2.54. The normalized spacial score (nSPS) is 9.80. The van der Waals surface area contributed by atoms with Gasteiger partial charge < -0.3 is 4.74 Å². The molecular weight excluding hydrogens is 206 g/mol. The zero-order valence-corrected chi connectivity index (χ0v) is 7.70. The van der Waals surface area contributed by atoms with Crippen LogP contribution in [0.5, 0.6) is 5.75 Å². The lowest BCUT2D eigenvalue weighted by molar-refractivity contribution is 0.110. The number of hydrogen-bond acceptors (Lipinski definition) is 4. The van der Waals surface area contributed by atoms with Crippen molar-refractivity contribution in [3.05, 3.63) is 23.0 Å². The number of pyridine rings is 1. The third kappa shape index (κ3) is 2.07. The third-order valence-corrected chi connectivity index (χ3v) is 1.71. The molecule has 0 aliphatic heterocycles. The number of nitrogens with zero attached hydrogens (tertiary/aromatic N) is 2. The van der Waals surface area contributed by atoms with Gasteiger partial charge in [0.2, 0.25) is 0 Å². The van der Waals surface area contributed by atoms with E-state index < -0.39 is 12.1 Å². The highest BCUT2D eigenvalue weighted by molar-refractivity contribution is 5.77. The molecule has 4 nitrogen and oxygen atoms in total. The summed E-state index contributed by atoms with van der Waals surface area (Å²) >= 11 is 0. The first-order valence-electron chi connectivity index (χ1n) is 3.86. The molecule has 0 saturated heterocycles. The van der Waals surface area contributed by atoms with Gasteiger partial charge in [-0.3, -0.25) is 4.79 Å².